The van der Waals surface area contributed by atoms with Gasteiger partial charge in [0.25, 0.3) is 0 Å². The van der Waals surface area contributed by atoms with E-state index in [0.29, 0.717) is 10.1 Å². The third-order valence-corrected chi connectivity index (χ3v) is 8.19. The number of H-pyrrole nitrogens is 1. The Balaban J connectivity index is 1.35. The van der Waals surface area contributed by atoms with Crippen molar-refractivity contribution in [3.8, 4) is 0 Å². The largest absolute Gasteiger partial charge is 0.355 e. The normalized spacial score (nSPS) is 19.8. The molecule has 0 spiro atoms. The maximum Gasteiger partial charge on any atom is 0.250 e. The molecule has 2 fully saturated rings. The number of rotatable bonds is 5. The van der Waals surface area contributed by atoms with Crippen molar-refractivity contribution in [2.45, 2.75) is 41.9 Å². The average molecular weight is 431 g/mol. The average Bonchev–Trinajstić information content (AvgIpc) is 3.11. The predicted octanol–water partition coefficient (Wildman–Crippen LogP) is 3.06. The minimum atomic E-state index is -3.42. The molecule has 0 aromatic carbocycles. The highest BCUT2D eigenvalue weighted by Gasteiger charge is 2.29. The Kier molecular flexibility index (Phi) is 4.44. The van der Waals surface area contributed by atoms with E-state index in [4.69, 9.17) is 0 Å². The third-order valence-electron chi connectivity index (χ3n) is 4.56. The van der Waals surface area contributed by atoms with Crippen LogP contribution in [0.4, 0.5) is 5.82 Å². The lowest BCUT2D eigenvalue weighted by Gasteiger charge is -2.32. The van der Waals surface area contributed by atoms with Crippen molar-refractivity contribution in [1.82, 2.24) is 14.9 Å². The zero-order valence-electron chi connectivity index (χ0n) is 13.0. The molecule has 6 nitrogen and oxygen atoms in total. The van der Waals surface area contributed by atoms with E-state index in [1.165, 1.54) is 29.9 Å². The first-order chi connectivity index (χ1) is 11.5. The topological polar surface area (TPSA) is 78.1 Å². The van der Waals surface area contributed by atoms with Gasteiger partial charge >= 0.3 is 0 Å². The van der Waals surface area contributed by atoms with E-state index < -0.39 is 10.0 Å². The summed E-state index contributed by atoms with van der Waals surface area (Å²) in [5.74, 6) is 1.65. The molecule has 9 heteroatoms. The maximum atomic E-state index is 12.4. The van der Waals surface area contributed by atoms with Gasteiger partial charge in [-0.25, -0.2) is 13.1 Å². The molecule has 0 unspecified atom stereocenters. The standard InChI is InChI=1S/C15H19BrN4O2S2/c16-13-3-4-15(23-13)24(21,22)19-11-5-7-20(8-6-11)14-9-12(17-18-14)10-1-2-10/h3-4,9-11,19H,1-2,5-8H2,(H,17,18). The van der Waals surface area contributed by atoms with Crippen molar-refractivity contribution in [3.05, 3.63) is 27.7 Å². The van der Waals surface area contributed by atoms with Gasteiger partial charge in [-0.2, -0.15) is 5.10 Å². The minimum absolute atomic E-state index is 0.0195. The molecule has 1 aliphatic heterocycles. The third kappa shape index (κ3) is 3.54. The van der Waals surface area contributed by atoms with Crippen LogP contribution in [0.3, 0.4) is 0 Å². The summed E-state index contributed by atoms with van der Waals surface area (Å²) in [6, 6.07) is 5.52. The Morgan fingerprint density at radius 3 is 2.62 bits per heavy atom. The second-order valence-corrected chi connectivity index (χ2v) is 10.8. The van der Waals surface area contributed by atoms with Crippen LogP contribution in [0.5, 0.6) is 0 Å². The summed E-state index contributed by atoms with van der Waals surface area (Å²) < 4.78 is 28.8. The van der Waals surface area contributed by atoms with Crippen molar-refractivity contribution in [2.24, 2.45) is 0 Å². The Morgan fingerprint density at radius 2 is 2.00 bits per heavy atom. The van der Waals surface area contributed by atoms with Crippen molar-refractivity contribution in [1.29, 1.82) is 0 Å². The minimum Gasteiger partial charge on any atom is -0.355 e. The van der Waals surface area contributed by atoms with Gasteiger partial charge in [-0.3, -0.25) is 5.10 Å². The van der Waals surface area contributed by atoms with Crippen LogP contribution in [0.1, 0.15) is 37.3 Å². The monoisotopic (exact) mass is 430 g/mol. The second-order valence-electron chi connectivity index (χ2n) is 6.40. The molecule has 24 heavy (non-hydrogen) atoms. The van der Waals surface area contributed by atoms with Crippen molar-refractivity contribution in [2.75, 3.05) is 18.0 Å². The molecule has 3 heterocycles. The van der Waals surface area contributed by atoms with Crippen LogP contribution in [0.25, 0.3) is 0 Å². The van der Waals surface area contributed by atoms with E-state index in [0.717, 1.165) is 35.5 Å². The number of aromatic nitrogens is 2. The summed E-state index contributed by atoms with van der Waals surface area (Å²) >= 11 is 4.54. The molecule has 1 saturated carbocycles. The van der Waals surface area contributed by atoms with E-state index in [-0.39, 0.29) is 6.04 Å². The number of nitrogens with one attached hydrogen (secondary N) is 2. The number of sulfonamides is 1. The predicted molar refractivity (Wildman–Crippen MR) is 98.1 cm³/mol. The number of halogens is 1. The van der Waals surface area contributed by atoms with Gasteiger partial charge in [-0.05, 0) is 53.7 Å². The van der Waals surface area contributed by atoms with Gasteiger partial charge in [-0.15, -0.1) is 11.3 Å². The van der Waals surface area contributed by atoms with Crippen LogP contribution >= 0.6 is 27.3 Å². The number of hydrogen-bond donors (Lipinski definition) is 2. The first-order valence-corrected chi connectivity index (χ1v) is 11.2. The molecule has 0 amide bonds. The maximum absolute atomic E-state index is 12.4. The van der Waals surface area contributed by atoms with Crippen molar-refractivity contribution in [3.63, 3.8) is 0 Å². The van der Waals surface area contributed by atoms with Crippen LogP contribution in [-0.4, -0.2) is 37.7 Å². The van der Waals surface area contributed by atoms with Gasteiger partial charge in [0.05, 0.1) is 3.79 Å². The van der Waals surface area contributed by atoms with Crippen LogP contribution in [-0.2, 0) is 10.0 Å². The lowest BCUT2D eigenvalue weighted by Crippen LogP contribution is -2.44. The molecule has 0 atom stereocenters. The Labute approximate surface area is 153 Å². The number of nitrogens with zero attached hydrogens (tertiary/aromatic N) is 2. The highest BCUT2D eigenvalue weighted by molar-refractivity contribution is 9.11. The lowest BCUT2D eigenvalue weighted by atomic mass is 10.1. The molecule has 2 aromatic heterocycles. The van der Waals surface area contributed by atoms with Crippen LogP contribution in [0, 0.1) is 0 Å². The number of anilines is 1. The fraction of sp³-hybridized carbons (Fsp3) is 0.533. The SMILES string of the molecule is O=S(=O)(NC1CCN(c2cc(C3CC3)[nH]n2)CC1)c1ccc(Br)s1. The summed E-state index contributed by atoms with van der Waals surface area (Å²) in [6.45, 7) is 1.63. The summed E-state index contributed by atoms with van der Waals surface area (Å²) in [5.41, 5.74) is 1.23. The van der Waals surface area contributed by atoms with E-state index in [1.807, 2.05) is 0 Å². The van der Waals surface area contributed by atoms with E-state index >= 15 is 0 Å². The summed E-state index contributed by atoms with van der Waals surface area (Å²) in [6.07, 6.45) is 4.09. The first kappa shape index (κ1) is 16.6. The molecule has 2 aromatic rings. The zero-order valence-corrected chi connectivity index (χ0v) is 16.3. The molecule has 1 saturated heterocycles. The fourth-order valence-electron chi connectivity index (χ4n) is 3.04. The van der Waals surface area contributed by atoms with E-state index in [9.17, 15) is 8.42 Å². The van der Waals surface area contributed by atoms with E-state index in [1.54, 1.807) is 12.1 Å². The first-order valence-electron chi connectivity index (χ1n) is 8.09. The van der Waals surface area contributed by atoms with Crippen LogP contribution in [0.2, 0.25) is 0 Å². The highest BCUT2D eigenvalue weighted by Crippen LogP contribution is 2.40. The zero-order chi connectivity index (χ0) is 16.7. The van der Waals surface area contributed by atoms with Gasteiger partial charge < -0.3 is 4.90 Å². The molecular formula is C15H19BrN4O2S2. The smallest absolute Gasteiger partial charge is 0.250 e. The number of hydrogen-bond acceptors (Lipinski definition) is 5. The second kappa shape index (κ2) is 6.44. The summed E-state index contributed by atoms with van der Waals surface area (Å²) in [4.78, 5) is 2.23. The van der Waals surface area contributed by atoms with Crippen LogP contribution < -0.4 is 9.62 Å². The molecule has 1 aliphatic carbocycles. The van der Waals surface area contributed by atoms with Gasteiger partial charge in [-0.1, -0.05) is 0 Å². The molecule has 0 bridgehead atoms. The van der Waals surface area contributed by atoms with Gasteiger partial charge in [0.1, 0.15) is 4.21 Å². The number of thiophene rings is 1. The molecule has 130 valence electrons. The molecule has 4 rings (SSSR count). The van der Waals surface area contributed by atoms with Gasteiger partial charge in [0.2, 0.25) is 10.0 Å². The number of aromatic amines is 1. The Bertz CT molecular complexity index is 820. The highest BCUT2D eigenvalue weighted by atomic mass is 79.9. The van der Waals surface area contributed by atoms with Crippen LogP contribution in [0.15, 0.2) is 26.2 Å². The van der Waals surface area contributed by atoms with E-state index in [2.05, 4.69) is 41.8 Å². The summed E-state index contributed by atoms with van der Waals surface area (Å²) in [5, 5.41) is 7.54. The number of piperidine rings is 1. The Morgan fingerprint density at radius 1 is 1.25 bits per heavy atom. The summed E-state index contributed by atoms with van der Waals surface area (Å²) in [7, 11) is -3.42. The van der Waals surface area contributed by atoms with Gasteiger partial charge in [0.15, 0.2) is 5.82 Å². The van der Waals surface area contributed by atoms with Crippen molar-refractivity contribution < 1.29 is 8.42 Å². The molecular weight excluding hydrogens is 412 g/mol. The lowest BCUT2D eigenvalue weighted by molar-refractivity contribution is 0.459. The Hall–Kier alpha value is -0.900. The molecule has 0 radical (unpaired) electrons. The van der Waals surface area contributed by atoms with Crippen molar-refractivity contribution >= 4 is 43.1 Å². The quantitative estimate of drug-likeness (QED) is 0.763. The fourth-order valence-corrected chi connectivity index (χ4v) is 6.37. The molecule has 2 aliphatic rings. The van der Waals surface area contributed by atoms with Gasteiger partial charge in [0, 0.05) is 36.8 Å². The molecule has 2 N–H and O–H groups in total.